The van der Waals surface area contributed by atoms with E-state index in [1.807, 2.05) is 12.1 Å². The van der Waals surface area contributed by atoms with Gasteiger partial charge in [0.1, 0.15) is 5.82 Å². The highest BCUT2D eigenvalue weighted by atomic mass is 32.2. The summed E-state index contributed by atoms with van der Waals surface area (Å²) in [5.41, 5.74) is 1.33. The summed E-state index contributed by atoms with van der Waals surface area (Å²) in [6.07, 6.45) is 3.80. The molecule has 0 unspecified atom stereocenters. The third-order valence-corrected chi connectivity index (χ3v) is 4.01. The van der Waals surface area contributed by atoms with Crippen molar-refractivity contribution >= 4 is 11.8 Å². The van der Waals surface area contributed by atoms with Crippen LogP contribution in [-0.4, -0.2) is 20.9 Å². The van der Waals surface area contributed by atoms with Gasteiger partial charge in [-0.15, -0.1) is 18.3 Å². The van der Waals surface area contributed by atoms with Gasteiger partial charge in [-0.3, -0.25) is 5.10 Å². The van der Waals surface area contributed by atoms with Gasteiger partial charge in [-0.2, -0.15) is 5.10 Å². The molecule has 1 heterocycles. The number of aryl methyl sites for hydroxylation is 2. The summed E-state index contributed by atoms with van der Waals surface area (Å²) in [4.78, 5) is 4.56. The largest absolute Gasteiger partial charge is 0.263 e. The molecule has 0 radical (unpaired) electrons. The zero-order valence-corrected chi connectivity index (χ0v) is 12.0. The van der Waals surface area contributed by atoms with Gasteiger partial charge in [-0.05, 0) is 18.9 Å². The Bertz CT molecular complexity index is 507. The Kier molecular flexibility index (Phi) is 5.21. The maximum absolute atomic E-state index is 4.56. The number of H-pyrrole nitrogens is 1. The number of hydrogen-bond acceptors (Lipinski definition) is 3. The maximum atomic E-state index is 4.56. The molecule has 0 fully saturated rings. The number of hydrogen-bond donors (Lipinski definition) is 1. The van der Waals surface area contributed by atoms with Crippen molar-refractivity contribution in [2.24, 2.45) is 0 Å². The number of aromatic amines is 1. The third kappa shape index (κ3) is 4.24. The van der Waals surface area contributed by atoms with E-state index in [4.69, 9.17) is 0 Å². The molecule has 2 aromatic rings. The van der Waals surface area contributed by atoms with Gasteiger partial charge in [0, 0.05) is 12.2 Å². The molecule has 1 aromatic heterocycles. The predicted octanol–water partition coefficient (Wildman–Crippen LogP) is 3.57. The minimum atomic E-state index is 0.305. The SMILES string of the molecule is C=CCS[C@H](C)c1n[nH]c(CCc2ccccc2)n1. The van der Waals surface area contributed by atoms with Crippen molar-refractivity contribution in [3.63, 3.8) is 0 Å². The fourth-order valence-corrected chi connectivity index (χ4v) is 2.48. The number of nitrogens with zero attached hydrogens (tertiary/aromatic N) is 2. The predicted molar refractivity (Wildman–Crippen MR) is 81.3 cm³/mol. The standard InChI is InChI=1S/C15H19N3S/c1-3-11-19-12(2)15-16-14(17-18-15)10-9-13-7-5-4-6-8-13/h3-8,12H,1,9-11H2,2H3,(H,16,17,18)/t12-/m1/s1. The van der Waals surface area contributed by atoms with Crippen LogP contribution in [0.5, 0.6) is 0 Å². The van der Waals surface area contributed by atoms with Crippen LogP contribution in [-0.2, 0) is 12.8 Å². The van der Waals surface area contributed by atoms with Crippen molar-refractivity contribution < 1.29 is 0 Å². The first-order valence-corrected chi connectivity index (χ1v) is 7.52. The molecule has 0 aliphatic heterocycles. The van der Waals surface area contributed by atoms with Gasteiger partial charge in [-0.1, -0.05) is 36.4 Å². The molecule has 3 nitrogen and oxygen atoms in total. The molecule has 1 N–H and O–H groups in total. The number of aromatic nitrogens is 3. The van der Waals surface area contributed by atoms with Crippen molar-refractivity contribution in [2.45, 2.75) is 25.0 Å². The highest BCUT2D eigenvalue weighted by molar-refractivity contribution is 7.99. The highest BCUT2D eigenvalue weighted by Crippen LogP contribution is 2.25. The fourth-order valence-electron chi connectivity index (χ4n) is 1.80. The summed E-state index contributed by atoms with van der Waals surface area (Å²) in [5.74, 6) is 2.77. The minimum Gasteiger partial charge on any atom is -0.263 e. The van der Waals surface area contributed by atoms with Crippen molar-refractivity contribution in [2.75, 3.05) is 5.75 Å². The Morgan fingerprint density at radius 3 is 2.84 bits per heavy atom. The average Bonchev–Trinajstić information content (AvgIpc) is 2.92. The molecule has 0 bridgehead atoms. The molecular formula is C15H19N3S. The first-order chi connectivity index (χ1) is 9.29. The fraction of sp³-hybridized carbons (Fsp3) is 0.333. The van der Waals surface area contributed by atoms with Crippen LogP contribution in [0.3, 0.4) is 0 Å². The Labute approximate surface area is 118 Å². The molecule has 0 spiro atoms. The van der Waals surface area contributed by atoms with E-state index in [1.54, 1.807) is 11.8 Å². The van der Waals surface area contributed by atoms with Gasteiger partial charge in [0.15, 0.2) is 5.82 Å². The molecule has 1 atom stereocenters. The quantitative estimate of drug-likeness (QED) is 0.784. The summed E-state index contributed by atoms with van der Waals surface area (Å²) >= 11 is 1.79. The molecule has 1 aromatic carbocycles. The van der Waals surface area contributed by atoms with Crippen molar-refractivity contribution in [3.8, 4) is 0 Å². The molecule has 19 heavy (non-hydrogen) atoms. The molecule has 4 heteroatoms. The lowest BCUT2D eigenvalue weighted by atomic mass is 10.1. The molecule has 0 aliphatic carbocycles. The Hall–Kier alpha value is -1.55. The molecule has 100 valence electrons. The molecule has 0 saturated heterocycles. The van der Waals surface area contributed by atoms with Gasteiger partial charge in [-0.25, -0.2) is 4.98 Å². The van der Waals surface area contributed by atoms with E-state index in [0.717, 1.165) is 30.2 Å². The Morgan fingerprint density at radius 2 is 2.11 bits per heavy atom. The topological polar surface area (TPSA) is 41.6 Å². The molecule has 0 saturated carbocycles. The Morgan fingerprint density at radius 1 is 1.32 bits per heavy atom. The highest BCUT2D eigenvalue weighted by Gasteiger charge is 2.11. The van der Waals surface area contributed by atoms with E-state index < -0.39 is 0 Å². The monoisotopic (exact) mass is 273 g/mol. The summed E-state index contributed by atoms with van der Waals surface area (Å²) in [6.45, 7) is 5.85. The third-order valence-electron chi connectivity index (χ3n) is 2.87. The molecular weight excluding hydrogens is 254 g/mol. The lowest BCUT2D eigenvalue weighted by molar-refractivity contribution is 0.865. The summed E-state index contributed by atoms with van der Waals surface area (Å²) in [6, 6.07) is 10.4. The minimum absolute atomic E-state index is 0.305. The van der Waals surface area contributed by atoms with Crippen molar-refractivity contribution in [1.29, 1.82) is 0 Å². The summed E-state index contributed by atoms with van der Waals surface area (Å²) in [5, 5.41) is 7.63. The summed E-state index contributed by atoms with van der Waals surface area (Å²) in [7, 11) is 0. The smallest absolute Gasteiger partial charge is 0.163 e. The van der Waals surface area contributed by atoms with Crippen molar-refractivity contribution in [1.82, 2.24) is 15.2 Å². The van der Waals surface area contributed by atoms with Gasteiger partial charge >= 0.3 is 0 Å². The van der Waals surface area contributed by atoms with E-state index >= 15 is 0 Å². The zero-order valence-electron chi connectivity index (χ0n) is 11.2. The number of benzene rings is 1. The van der Waals surface area contributed by atoms with Crippen LogP contribution in [0.25, 0.3) is 0 Å². The second-order valence-electron chi connectivity index (χ2n) is 4.39. The van der Waals surface area contributed by atoms with Crippen LogP contribution < -0.4 is 0 Å². The normalized spacial score (nSPS) is 12.3. The number of nitrogens with one attached hydrogen (secondary N) is 1. The molecule has 0 aliphatic rings. The van der Waals surface area contributed by atoms with E-state index in [2.05, 4.69) is 52.9 Å². The Balaban J connectivity index is 1.88. The van der Waals surface area contributed by atoms with Crippen LogP contribution in [0, 0.1) is 0 Å². The van der Waals surface area contributed by atoms with Crippen LogP contribution in [0.1, 0.15) is 29.4 Å². The first-order valence-electron chi connectivity index (χ1n) is 6.47. The van der Waals surface area contributed by atoms with E-state index in [-0.39, 0.29) is 0 Å². The molecule has 2 rings (SSSR count). The van der Waals surface area contributed by atoms with Gasteiger partial charge in [0.05, 0.1) is 5.25 Å². The van der Waals surface area contributed by atoms with Crippen molar-refractivity contribution in [3.05, 3.63) is 60.2 Å². The lowest BCUT2D eigenvalue weighted by Gasteiger charge is -2.03. The summed E-state index contributed by atoms with van der Waals surface area (Å²) < 4.78 is 0. The van der Waals surface area contributed by atoms with Gasteiger partial charge < -0.3 is 0 Å². The first kappa shape index (κ1) is 13.9. The van der Waals surface area contributed by atoms with E-state index in [9.17, 15) is 0 Å². The van der Waals surface area contributed by atoms with Crippen LogP contribution in [0.4, 0.5) is 0 Å². The number of thioether (sulfide) groups is 1. The van der Waals surface area contributed by atoms with E-state index in [1.165, 1.54) is 5.56 Å². The second kappa shape index (κ2) is 7.14. The second-order valence-corrected chi connectivity index (χ2v) is 5.76. The van der Waals surface area contributed by atoms with E-state index in [0.29, 0.717) is 5.25 Å². The van der Waals surface area contributed by atoms with Crippen LogP contribution in [0.15, 0.2) is 43.0 Å². The van der Waals surface area contributed by atoms with Crippen LogP contribution in [0.2, 0.25) is 0 Å². The molecule has 0 amide bonds. The van der Waals surface area contributed by atoms with Gasteiger partial charge in [0.25, 0.3) is 0 Å². The van der Waals surface area contributed by atoms with Gasteiger partial charge in [0.2, 0.25) is 0 Å². The zero-order chi connectivity index (χ0) is 13.5. The average molecular weight is 273 g/mol. The maximum Gasteiger partial charge on any atom is 0.163 e. The number of rotatable bonds is 7. The lowest BCUT2D eigenvalue weighted by Crippen LogP contribution is -1.95. The van der Waals surface area contributed by atoms with Crippen LogP contribution >= 0.6 is 11.8 Å².